The van der Waals surface area contributed by atoms with Gasteiger partial charge >= 0.3 is 5.97 Å². The molecular weight excluding hydrogens is 252 g/mol. The van der Waals surface area contributed by atoms with Crippen molar-refractivity contribution >= 4 is 27.6 Å². The summed E-state index contributed by atoms with van der Waals surface area (Å²) in [5.74, 6) is 0.426. The fourth-order valence-electron chi connectivity index (χ4n) is 0.901. The Morgan fingerprint density at radius 3 is 2.62 bits per heavy atom. The van der Waals surface area contributed by atoms with E-state index in [1.807, 2.05) is 0 Å². The molecule has 96 valence electrons. The molecule has 0 aliphatic carbocycles. The topological polar surface area (TPSA) is 80.7 Å². The lowest BCUT2D eigenvalue weighted by Gasteiger charge is -2.09. The molecule has 7 heteroatoms. The van der Waals surface area contributed by atoms with E-state index in [2.05, 4.69) is 4.74 Å². The van der Waals surface area contributed by atoms with E-state index in [9.17, 15) is 18.3 Å². The lowest BCUT2D eigenvalue weighted by molar-refractivity contribution is -0.144. The maximum Gasteiger partial charge on any atom is 0.308 e. The van der Waals surface area contributed by atoms with Crippen LogP contribution in [0.3, 0.4) is 0 Å². The number of aliphatic hydroxyl groups excluding tert-OH is 1. The molecule has 0 saturated heterocycles. The highest BCUT2D eigenvalue weighted by molar-refractivity contribution is 8.00. The minimum atomic E-state index is -2.95. The first-order valence-electron chi connectivity index (χ1n) is 4.94. The quantitative estimate of drug-likeness (QED) is 0.497. The van der Waals surface area contributed by atoms with Gasteiger partial charge in [0.2, 0.25) is 0 Å². The van der Waals surface area contributed by atoms with Crippen LogP contribution in [0.15, 0.2) is 0 Å². The van der Waals surface area contributed by atoms with Gasteiger partial charge in [0, 0.05) is 17.8 Å². The molecule has 0 fully saturated rings. The summed E-state index contributed by atoms with van der Waals surface area (Å²) in [5.41, 5.74) is 0. The van der Waals surface area contributed by atoms with Crippen LogP contribution >= 0.6 is 11.8 Å². The van der Waals surface area contributed by atoms with Gasteiger partial charge in [-0.05, 0) is 6.92 Å². The number of ether oxygens (including phenoxy) is 1. The Balaban J connectivity index is 3.58. The van der Waals surface area contributed by atoms with Crippen molar-refractivity contribution < 1.29 is 23.1 Å². The molecule has 0 spiro atoms. The third-order valence-corrected chi connectivity index (χ3v) is 3.93. The third kappa shape index (κ3) is 10.3. The average Bonchev–Trinajstić information content (AvgIpc) is 2.11. The zero-order chi connectivity index (χ0) is 12.6. The molecule has 5 nitrogen and oxygen atoms in total. The Hall–Kier alpha value is -0.270. The standard InChI is InChI=1S/C9H18O5S2/c1-3-14-9(11)6-8(10)7-15-4-5-16(2,12)13/h8,10H,3-7H2,1-2H3. The Bertz CT molecular complexity index is 299. The second-order valence-corrected chi connectivity index (χ2v) is 6.78. The highest BCUT2D eigenvalue weighted by Crippen LogP contribution is 2.07. The second kappa shape index (κ2) is 7.92. The summed E-state index contributed by atoms with van der Waals surface area (Å²) < 4.78 is 26.2. The van der Waals surface area contributed by atoms with Gasteiger partial charge < -0.3 is 9.84 Å². The Morgan fingerprint density at radius 2 is 2.12 bits per heavy atom. The van der Waals surface area contributed by atoms with Crippen LogP contribution in [-0.4, -0.2) is 55.7 Å². The summed E-state index contributed by atoms with van der Waals surface area (Å²) in [4.78, 5) is 11.0. The van der Waals surface area contributed by atoms with Crippen LogP contribution < -0.4 is 0 Å². The molecule has 1 atom stereocenters. The van der Waals surface area contributed by atoms with Gasteiger partial charge in [-0.2, -0.15) is 11.8 Å². The van der Waals surface area contributed by atoms with Gasteiger partial charge in [-0.25, -0.2) is 8.42 Å². The predicted octanol–water partition coefficient (Wildman–Crippen LogP) is 0.0783. The molecule has 0 radical (unpaired) electrons. The number of carbonyl (C=O) groups excluding carboxylic acids is 1. The Labute approximate surface area is 100 Å². The number of rotatable bonds is 8. The van der Waals surface area contributed by atoms with Crippen molar-refractivity contribution in [2.75, 3.05) is 30.1 Å². The van der Waals surface area contributed by atoms with Crippen LogP contribution in [-0.2, 0) is 19.4 Å². The zero-order valence-electron chi connectivity index (χ0n) is 9.51. The molecule has 0 aromatic heterocycles. The minimum Gasteiger partial charge on any atom is -0.466 e. The van der Waals surface area contributed by atoms with E-state index >= 15 is 0 Å². The van der Waals surface area contributed by atoms with Crippen molar-refractivity contribution in [1.29, 1.82) is 0 Å². The van der Waals surface area contributed by atoms with Crippen molar-refractivity contribution in [2.24, 2.45) is 0 Å². The lowest BCUT2D eigenvalue weighted by atomic mass is 10.3. The first-order chi connectivity index (χ1) is 7.35. The molecule has 0 rings (SSSR count). The SMILES string of the molecule is CCOC(=O)CC(O)CSCCS(C)(=O)=O. The average molecular weight is 270 g/mol. The lowest BCUT2D eigenvalue weighted by Crippen LogP contribution is -2.18. The molecule has 0 bridgehead atoms. The van der Waals surface area contributed by atoms with Crippen LogP contribution in [0.4, 0.5) is 0 Å². The highest BCUT2D eigenvalue weighted by Gasteiger charge is 2.12. The van der Waals surface area contributed by atoms with E-state index in [1.165, 1.54) is 18.0 Å². The van der Waals surface area contributed by atoms with Gasteiger partial charge in [0.05, 0.1) is 24.9 Å². The van der Waals surface area contributed by atoms with Crippen LogP contribution in [0.5, 0.6) is 0 Å². The monoisotopic (exact) mass is 270 g/mol. The van der Waals surface area contributed by atoms with E-state index in [1.54, 1.807) is 6.92 Å². The fraction of sp³-hybridized carbons (Fsp3) is 0.889. The van der Waals surface area contributed by atoms with Gasteiger partial charge in [0.1, 0.15) is 9.84 Å². The van der Waals surface area contributed by atoms with Crippen molar-refractivity contribution in [3.63, 3.8) is 0 Å². The minimum absolute atomic E-state index is 0.0419. The summed E-state index contributed by atoms with van der Waals surface area (Å²) in [7, 11) is -2.95. The number of hydrogen-bond acceptors (Lipinski definition) is 6. The summed E-state index contributed by atoms with van der Waals surface area (Å²) in [6.45, 7) is 2.00. The van der Waals surface area contributed by atoms with Gasteiger partial charge in [0.15, 0.2) is 0 Å². The highest BCUT2D eigenvalue weighted by atomic mass is 32.2. The van der Waals surface area contributed by atoms with Gasteiger partial charge in [-0.15, -0.1) is 0 Å². The van der Waals surface area contributed by atoms with Gasteiger partial charge in [-0.3, -0.25) is 4.79 Å². The van der Waals surface area contributed by atoms with Crippen LogP contribution in [0, 0.1) is 0 Å². The number of aliphatic hydroxyl groups is 1. The van der Waals surface area contributed by atoms with Crippen molar-refractivity contribution in [1.82, 2.24) is 0 Å². The predicted molar refractivity (Wildman–Crippen MR) is 64.3 cm³/mol. The zero-order valence-corrected chi connectivity index (χ0v) is 11.1. The first-order valence-corrected chi connectivity index (χ1v) is 8.16. The van der Waals surface area contributed by atoms with E-state index in [0.29, 0.717) is 18.1 Å². The van der Waals surface area contributed by atoms with Crippen molar-refractivity contribution in [2.45, 2.75) is 19.4 Å². The largest absolute Gasteiger partial charge is 0.466 e. The number of esters is 1. The summed E-state index contributed by atoms with van der Waals surface area (Å²) in [6, 6.07) is 0. The Morgan fingerprint density at radius 1 is 1.50 bits per heavy atom. The van der Waals surface area contributed by atoms with E-state index in [-0.39, 0.29) is 12.2 Å². The molecule has 0 amide bonds. The van der Waals surface area contributed by atoms with Crippen molar-refractivity contribution in [3.8, 4) is 0 Å². The molecule has 0 aromatic carbocycles. The fourth-order valence-corrected chi connectivity index (χ4v) is 3.14. The molecule has 1 N–H and O–H groups in total. The second-order valence-electron chi connectivity index (χ2n) is 3.37. The Kier molecular flexibility index (Phi) is 7.78. The number of carbonyl (C=O) groups is 1. The van der Waals surface area contributed by atoms with Crippen LogP contribution in [0.1, 0.15) is 13.3 Å². The maximum atomic E-state index is 11.0. The smallest absolute Gasteiger partial charge is 0.308 e. The van der Waals surface area contributed by atoms with Gasteiger partial charge in [0.25, 0.3) is 0 Å². The van der Waals surface area contributed by atoms with Gasteiger partial charge in [-0.1, -0.05) is 0 Å². The van der Waals surface area contributed by atoms with E-state index in [4.69, 9.17) is 0 Å². The van der Waals surface area contributed by atoms with Crippen LogP contribution in [0.25, 0.3) is 0 Å². The summed E-state index contributed by atoms with van der Waals surface area (Å²) in [6.07, 6.45) is 0.353. The summed E-state index contributed by atoms with van der Waals surface area (Å²) >= 11 is 1.31. The molecule has 0 aliphatic rings. The summed E-state index contributed by atoms with van der Waals surface area (Å²) in [5, 5.41) is 9.40. The third-order valence-electron chi connectivity index (χ3n) is 1.62. The van der Waals surface area contributed by atoms with Crippen molar-refractivity contribution in [3.05, 3.63) is 0 Å². The molecule has 0 heterocycles. The number of thioether (sulfide) groups is 1. The number of sulfone groups is 1. The molecule has 0 aliphatic heterocycles. The maximum absolute atomic E-state index is 11.0. The normalized spacial score (nSPS) is 13.4. The number of hydrogen-bond donors (Lipinski definition) is 1. The first kappa shape index (κ1) is 15.7. The molecule has 16 heavy (non-hydrogen) atoms. The molecule has 0 aromatic rings. The van der Waals surface area contributed by atoms with E-state index < -0.39 is 21.9 Å². The van der Waals surface area contributed by atoms with E-state index in [0.717, 1.165) is 0 Å². The van der Waals surface area contributed by atoms with Crippen LogP contribution in [0.2, 0.25) is 0 Å². The molecular formula is C9H18O5S2. The molecule has 0 saturated carbocycles. The molecule has 1 unspecified atom stereocenters.